The lowest BCUT2D eigenvalue weighted by Gasteiger charge is -2.45. The zero-order chi connectivity index (χ0) is 27.0. The number of nitrogens with zero attached hydrogens (tertiary/aromatic N) is 1. The molecule has 5 saturated heterocycles. The van der Waals surface area contributed by atoms with Crippen molar-refractivity contribution < 1.29 is 19.1 Å². The molecular weight excluding hydrogens is 553 g/mol. The van der Waals surface area contributed by atoms with Gasteiger partial charge in [-0.25, -0.2) is 0 Å². The molecule has 14 heteroatoms. The Hall–Kier alpha value is -0.410. The van der Waals surface area contributed by atoms with Crippen LogP contribution in [0.1, 0.15) is 19.8 Å². The Morgan fingerprint density at radius 2 is 1.79 bits per heavy atom. The number of methoxy groups -OCH3 is 2. The topological polar surface area (TPSA) is 128 Å². The lowest BCUT2D eigenvalue weighted by molar-refractivity contribution is -0.135. The molecule has 0 saturated carbocycles. The molecule has 0 bridgehead atoms. The fourth-order valence-electron chi connectivity index (χ4n) is 6.68. The van der Waals surface area contributed by atoms with Crippen LogP contribution in [0.15, 0.2) is 0 Å². The molecule has 0 aliphatic carbocycles. The number of carbonyl (C=O) groups excluding carboxylic acids is 2. The lowest BCUT2D eigenvalue weighted by atomic mass is 9.70. The van der Waals surface area contributed by atoms with Crippen LogP contribution in [0.3, 0.4) is 0 Å². The lowest BCUT2D eigenvalue weighted by Crippen LogP contribution is -2.64. The number of alkyl halides is 2. The normalized spacial score (nSPS) is 45.6. The van der Waals surface area contributed by atoms with Crippen molar-refractivity contribution in [1.29, 1.82) is 0 Å². The largest absolute Gasteiger partial charge is 0.380 e. The molecule has 0 radical (unpaired) electrons. The zero-order valence-corrected chi connectivity index (χ0v) is 24.5. The van der Waals surface area contributed by atoms with Crippen LogP contribution in [0.4, 0.5) is 0 Å². The maximum absolute atomic E-state index is 13.6. The van der Waals surface area contributed by atoms with E-state index in [2.05, 4.69) is 38.8 Å². The van der Waals surface area contributed by atoms with Gasteiger partial charge in [0.15, 0.2) is 6.35 Å². The first-order chi connectivity index (χ1) is 18.3. The summed E-state index contributed by atoms with van der Waals surface area (Å²) in [4.78, 5) is 28.7. The van der Waals surface area contributed by atoms with Gasteiger partial charge in [-0.15, -0.1) is 35.0 Å². The molecule has 38 heavy (non-hydrogen) atoms. The highest BCUT2D eigenvalue weighted by Gasteiger charge is 2.48. The third-order valence-corrected chi connectivity index (χ3v) is 10.8. The summed E-state index contributed by atoms with van der Waals surface area (Å²) in [6.07, 6.45) is 1.34. The van der Waals surface area contributed by atoms with Crippen molar-refractivity contribution in [3.63, 3.8) is 0 Å². The first-order valence-corrected chi connectivity index (χ1v) is 15.4. The average molecular weight is 595 g/mol. The molecule has 5 fully saturated rings. The number of piperidine rings is 2. The van der Waals surface area contributed by atoms with Crippen molar-refractivity contribution in [2.75, 3.05) is 46.9 Å². The van der Waals surface area contributed by atoms with Gasteiger partial charge in [-0.2, -0.15) is 0 Å². The summed E-state index contributed by atoms with van der Waals surface area (Å²) in [6, 6.07) is -0.0466. The molecule has 5 heterocycles. The SMILES string of the molecule is COC1NCC(Cl)C(C(=O)N2CC3NC(NC(=O)C4CNC(C)CC4C4CC(Cl)NCC4OC)SC3C2)N1. The van der Waals surface area contributed by atoms with Crippen molar-refractivity contribution in [1.82, 2.24) is 36.8 Å². The van der Waals surface area contributed by atoms with Crippen LogP contribution >= 0.6 is 35.0 Å². The second-order valence-electron chi connectivity index (χ2n) is 11.1. The van der Waals surface area contributed by atoms with Gasteiger partial charge in [0, 0.05) is 64.3 Å². The Morgan fingerprint density at radius 3 is 2.53 bits per heavy atom. The number of amides is 2. The third kappa shape index (κ3) is 6.24. The van der Waals surface area contributed by atoms with E-state index < -0.39 is 12.4 Å². The van der Waals surface area contributed by atoms with E-state index in [1.165, 1.54) is 0 Å². The van der Waals surface area contributed by atoms with E-state index >= 15 is 0 Å². The Bertz CT molecular complexity index is 851. The standard InChI is InChI=1S/C24H41Cl2N7O4S/c1-11-4-12(13-5-19(26)28-8-17(13)36-2)14(6-27-11)21(34)32-24-30-16-9-33(10-18(16)38-24)22(35)20-15(25)7-29-23(31-20)37-3/h11-20,23-24,27-31H,4-10H2,1-3H3,(H,32,34). The first-order valence-electron chi connectivity index (χ1n) is 13.6. The van der Waals surface area contributed by atoms with Gasteiger partial charge in [-0.1, -0.05) is 0 Å². The minimum Gasteiger partial charge on any atom is -0.380 e. The van der Waals surface area contributed by atoms with E-state index in [0.29, 0.717) is 38.8 Å². The Labute approximate surface area is 238 Å². The monoisotopic (exact) mass is 593 g/mol. The summed E-state index contributed by atoms with van der Waals surface area (Å²) < 4.78 is 11.1. The average Bonchev–Trinajstić information content (AvgIpc) is 3.47. The molecule has 2 amide bonds. The van der Waals surface area contributed by atoms with Gasteiger partial charge >= 0.3 is 0 Å². The Morgan fingerprint density at radius 1 is 0.974 bits per heavy atom. The zero-order valence-electron chi connectivity index (χ0n) is 22.1. The highest BCUT2D eigenvalue weighted by molar-refractivity contribution is 8.00. The number of nitrogens with one attached hydrogen (secondary N) is 6. The Balaban J connectivity index is 1.16. The number of thioether (sulfide) groups is 1. The minimum absolute atomic E-state index is 0.0107. The number of halogens is 2. The highest BCUT2D eigenvalue weighted by Crippen LogP contribution is 2.38. The fourth-order valence-corrected chi connectivity index (χ4v) is 8.66. The van der Waals surface area contributed by atoms with Crippen molar-refractivity contribution in [3.8, 4) is 0 Å². The maximum Gasteiger partial charge on any atom is 0.241 e. The van der Waals surface area contributed by atoms with E-state index in [0.717, 1.165) is 12.8 Å². The van der Waals surface area contributed by atoms with Crippen LogP contribution in [-0.4, -0.2) is 116 Å². The quantitative estimate of drug-likeness (QED) is 0.172. The number of hydrogen-bond donors (Lipinski definition) is 6. The molecule has 0 aromatic heterocycles. The van der Waals surface area contributed by atoms with Crippen LogP contribution < -0.4 is 31.9 Å². The molecule has 0 spiro atoms. The Kier molecular flexibility index (Phi) is 9.67. The summed E-state index contributed by atoms with van der Waals surface area (Å²) in [5, 5.41) is 19.7. The summed E-state index contributed by atoms with van der Waals surface area (Å²) in [5.74, 6) is 0.302. The number of ether oxygens (including phenoxy) is 2. The number of carbonyl (C=O) groups is 2. The summed E-state index contributed by atoms with van der Waals surface area (Å²) in [5.41, 5.74) is -0.288. The predicted molar refractivity (Wildman–Crippen MR) is 148 cm³/mol. The van der Waals surface area contributed by atoms with Gasteiger partial charge in [0.2, 0.25) is 11.8 Å². The smallest absolute Gasteiger partial charge is 0.241 e. The van der Waals surface area contributed by atoms with E-state index in [9.17, 15) is 9.59 Å². The minimum atomic E-state index is -0.501. The maximum atomic E-state index is 13.6. The number of hydrogen-bond acceptors (Lipinski definition) is 10. The van der Waals surface area contributed by atoms with E-state index in [-0.39, 0.29) is 63.3 Å². The molecule has 6 N–H and O–H groups in total. The van der Waals surface area contributed by atoms with E-state index in [4.69, 9.17) is 32.7 Å². The number of rotatable bonds is 6. The molecule has 11 nitrogen and oxygen atoms in total. The van der Waals surface area contributed by atoms with Crippen LogP contribution in [0.5, 0.6) is 0 Å². The summed E-state index contributed by atoms with van der Waals surface area (Å²) in [6.45, 7) is 5.21. The molecule has 12 atom stereocenters. The fraction of sp³-hybridized carbons (Fsp3) is 0.917. The molecule has 5 aliphatic heterocycles. The molecule has 5 rings (SSSR count). The van der Waals surface area contributed by atoms with E-state index in [1.54, 1.807) is 26.0 Å². The second-order valence-corrected chi connectivity index (χ2v) is 13.6. The summed E-state index contributed by atoms with van der Waals surface area (Å²) >= 11 is 14.6. The predicted octanol–water partition coefficient (Wildman–Crippen LogP) is -0.796. The molecule has 5 aliphatic rings. The molecular formula is C24H41Cl2N7O4S. The van der Waals surface area contributed by atoms with Crippen LogP contribution in [0.25, 0.3) is 0 Å². The van der Waals surface area contributed by atoms with Gasteiger partial charge in [-0.05, 0) is 31.6 Å². The van der Waals surface area contributed by atoms with Crippen molar-refractivity contribution in [2.45, 2.75) is 72.0 Å². The van der Waals surface area contributed by atoms with Gasteiger partial charge in [-0.3, -0.25) is 30.9 Å². The second kappa shape index (κ2) is 12.6. The molecule has 216 valence electrons. The number of likely N-dealkylation sites (tertiary alicyclic amines) is 1. The van der Waals surface area contributed by atoms with Crippen LogP contribution in [0, 0.1) is 17.8 Å². The van der Waals surface area contributed by atoms with Gasteiger partial charge < -0.3 is 25.0 Å². The third-order valence-electron chi connectivity index (χ3n) is 8.74. The van der Waals surface area contributed by atoms with Crippen molar-refractivity contribution in [2.24, 2.45) is 17.8 Å². The first kappa shape index (κ1) is 29.1. The van der Waals surface area contributed by atoms with Crippen molar-refractivity contribution in [3.05, 3.63) is 0 Å². The van der Waals surface area contributed by atoms with Crippen LogP contribution in [-0.2, 0) is 19.1 Å². The van der Waals surface area contributed by atoms with Gasteiger partial charge in [0.05, 0.1) is 22.9 Å². The van der Waals surface area contributed by atoms with Gasteiger partial charge in [0.25, 0.3) is 0 Å². The molecule has 0 aromatic carbocycles. The van der Waals surface area contributed by atoms with Crippen molar-refractivity contribution >= 4 is 46.8 Å². The molecule has 12 unspecified atom stereocenters. The molecule has 0 aromatic rings. The van der Waals surface area contributed by atoms with E-state index in [1.807, 2.05) is 4.90 Å². The van der Waals surface area contributed by atoms with Crippen LogP contribution in [0.2, 0.25) is 0 Å². The van der Waals surface area contributed by atoms with Gasteiger partial charge in [0.1, 0.15) is 11.5 Å². The summed E-state index contributed by atoms with van der Waals surface area (Å²) in [7, 11) is 3.32. The number of fused-ring (bicyclic) bond motifs is 1. The highest BCUT2D eigenvalue weighted by atomic mass is 35.5.